The second-order valence-corrected chi connectivity index (χ2v) is 8.78. The van der Waals surface area contributed by atoms with Crippen molar-refractivity contribution in [2.45, 2.75) is 32.7 Å². The summed E-state index contributed by atoms with van der Waals surface area (Å²) in [6.07, 6.45) is 2.88. The largest absolute Gasteiger partial charge is 0.361 e. The lowest BCUT2D eigenvalue weighted by Crippen LogP contribution is -2.30. The van der Waals surface area contributed by atoms with Crippen molar-refractivity contribution in [3.05, 3.63) is 29.6 Å². The molecule has 2 rings (SSSR count). The number of aromatic nitrogens is 3. The highest BCUT2D eigenvalue weighted by Crippen LogP contribution is 2.23. The Hall–Kier alpha value is -1.93. The Morgan fingerprint density at radius 1 is 1.27 bits per heavy atom. The summed E-state index contributed by atoms with van der Waals surface area (Å²) < 4.78 is 30.6. The van der Waals surface area contributed by atoms with Crippen LogP contribution in [0.15, 0.2) is 28.1 Å². The molecule has 9 heteroatoms. The van der Waals surface area contributed by atoms with Crippen LogP contribution in [0.5, 0.6) is 0 Å². The van der Waals surface area contributed by atoms with Crippen molar-refractivity contribution in [2.24, 2.45) is 16.2 Å². The van der Waals surface area contributed by atoms with E-state index in [0.29, 0.717) is 36.3 Å². The number of fused-ring (bicyclic) bond motifs is 1. The number of nitrogens with zero attached hydrogens (tertiary/aromatic N) is 5. The lowest BCUT2D eigenvalue weighted by molar-refractivity contribution is 0.336. The van der Waals surface area contributed by atoms with Crippen molar-refractivity contribution in [3.8, 4) is 0 Å². The SMILES string of the molecule is C=Cc1ccc2nc(Cl)c(S(=O)(=O)/N=C\N(CC(C)C)CC(C)C)n2n1. The topological polar surface area (TPSA) is 79.9 Å². The van der Waals surface area contributed by atoms with Gasteiger partial charge in [-0.1, -0.05) is 45.9 Å². The smallest absolute Gasteiger partial charge is 0.304 e. The number of halogens is 1. The van der Waals surface area contributed by atoms with Gasteiger partial charge in [0.25, 0.3) is 0 Å². The molecule has 0 unspecified atom stereocenters. The first kappa shape index (κ1) is 20.4. The number of hydrogen-bond acceptors (Lipinski definition) is 4. The third-order valence-corrected chi connectivity index (χ3v) is 5.02. The van der Waals surface area contributed by atoms with Crippen molar-refractivity contribution in [2.75, 3.05) is 13.1 Å². The number of sulfonamides is 1. The zero-order valence-corrected chi connectivity index (χ0v) is 17.0. The molecule has 0 aliphatic heterocycles. The Morgan fingerprint density at radius 2 is 1.88 bits per heavy atom. The van der Waals surface area contributed by atoms with Crippen LogP contribution < -0.4 is 0 Å². The van der Waals surface area contributed by atoms with E-state index in [2.05, 4.69) is 48.8 Å². The Kier molecular flexibility index (Phi) is 6.41. The average molecular weight is 398 g/mol. The summed E-state index contributed by atoms with van der Waals surface area (Å²) in [5.41, 5.74) is 0.837. The Labute approximate surface area is 159 Å². The third-order valence-electron chi connectivity index (χ3n) is 3.42. The van der Waals surface area contributed by atoms with Crippen molar-refractivity contribution in [1.82, 2.24) is 19.5 Å². The molecule has 2 heterocycles. The number of hydrogen-bond donors (Lipinski definition) is 0. The van der Waals surface area contributed by atoms with E-state index in [-0.39, 0.29) is 10.2 Å². The Morgan fingerprint density at radius 3 is 2.42 bits per heavy atom. The van der Waals surface area contributed by atoms with Crippen LogP contribution in [0.3, 0.4) is 0 Å². The minimum absolute atomic E-state index is 0.157. The molecule has 7 nitrogen and oxygen atoms in total. The highest BCUT2D eigenvalue weighted by Gasteiger charge is 2.25. The molecular weight excluding hydrogens is 374 g/mol. The van der Waals surface area contributed by atoms with Gasteiger partial charge in [-0.15, -0.1) is 4.40 Å². The molecule has 0 atom stereocenters. The van der Waals surface area contributed by atoms with Crippen molar-refractivity contribution < 1.29 is 8.42 Å². The maximum atomic E-state index is 12.8. The summed E-state index contributed by atoms with van der Waals surface area (Å²) in [5, 5.41) is 3.79. The zero-order valence-electron chi connectivity index (χ0n) is 15.4. The predicted octanol–water partition coefficient (Wildman–Crippen LogP) is 3.36. The van der Waals surface area contributed by atoms with Crippen molar-refractivity contribution in [1.29, 1.82) is 0 Å². The third kappa shape index (κ3) is 4.82. The van der Waals surface area contributed by atoms with E-state index in [4.69, 9.17) is 11.6 Å². The highest BCUT2D eigenvalue weighted by molar-refractivity contribution is 7.90. The quantitative estimate of drug-likeness (QED) is 0.504. The summed E-state index contributed by atoms with van der Waals surface area (Å²) in [6, 6.07) is 3.31. The molecule has 0 aliphatic carbocycles. The standard InChI is InChI=1S/C17H24ClN5O2S/c1-6-14-7-8-15-20-16(18)17(23(15)21-14)26(24,25)19-11-22(9-12(2)3)10-13(4)5/h6-8,11-13H,1,9-10H2,2-5H3/b19-11-. The maximum Gasteiger partial charge on any atom is 0.304 e. The van der Waals surface area contributed by atoms with Gasteiger partial charge in [-0.2, -0.15) is 18.0 Å². The van der Waals surface area contributed by atoms with Gasteiger partial charge in [0.15, 0.2) is 10.8 Å². The van der Waals surface area contributed by atoms with Gasteiger partial charge in [0.1, 0.15) is 6.34 Å². The van der Waals surface area contributed by atoms with Crippen LogP contribution in [0.25, 0.3) is 11.7 Å². The van der Waals surface area contributed by atoms with Gasteiger partial charge in [0, 0.05) is 13.1 Å². The maximum absolute atomic E-state index is 12.8. The molecule has 142 valence electrons. The van der Waals surface area contributed by atoms with Crippen LogP contribution >= 0.6 is 11.6 Å². The van der Waals surface area contributed by atoms with E-state index in [9.17, 15) is 8.42 Å². The molecule has 0 bridgehead atoms. The summed E-state index contributed by atoms with van der Waals surface area (Å²) >= 11 is 6.07. The van der Waals surface area contributed by atoms with Crippen LogP contribution in [0.4, 0.5) is 0 Å². The van der Waals surface area contributed by atoms with Crippen molar-refractivity contribution >= 4 is 39.7 Å². The van der Waals surface area contributed by atoms with Gasteiger partial charge < -0.3 is 4.90 Å². The lowest BCUT2D eigenvalue weighted by Gasteiger charge is -2.23. The van der Waals surface area contributed by atoms with E-state index in [1.54, 1.807) is 12.1 Å². The molecule has 2 aromatic heterocycles. The minimum Gasteiger partial charge on any atom is -0.361 e. The number of rotatable bonds is 8. The molecule has 0 N–H and O–H groups in total. The fraction of sp³-hybridized carbons (Fsp3) is 0.471. The van der Waals surface area contributed by atoms with Gasteiger partial charge in [-0.25, -0.2) is 4.98 Å². The summed E-state index contributed by atoms with van der Waals surface area (Å²) in [5.74, 6) is 0.748. The molecule has 0 radical (unpaired) electrons. The molecule has 26 heavy (non-hydrogen) atoms. The van der Waals surface area contributed by atoms with E-state index in [1.165, 1.54) is 16.9 Å². The van der Waals surface area contributed by atoms with Crippen LogP contribution in [0, 0.1) is 11.8 Å². The van der Waals surface area contributed by atoms with E-state index in [1.807, 2.05) is 4.90 Å². The van der Waals surface area contributed by atoms with Gasteiger partial charge in [0.2, 0.25) is 5.03 Å². The monoisotopic (exact) mass is 397 g/mol. The van der Waals surface area contributed by atoms with E-state index < -0.39 is 10.0 Å². The fourth-order valence-electron chi connectivity index (χ4n) is 2.51. The second-order valence-electron chi connectivity index (χ2n) is 6.88. The van der Waals surface area contributed by atoms with Crippen LogP contribution in [-0.2, 0) is 10.0 Å². The molecule has 0 aliphatic rings. The average Bonchev–Trinajstić information content (AvgIpc) is 2.87. The molecule has 0 spiro atoms. The van der Waals surface area contributed by atoms with Crippen LogP contribution in [0.2, 0.25) is 5.15 Å². The highest BCUT2D eigenvalue weighted by atomic mass is 35.5. The summed E-state index contributed by atoms with van der Waals surface area (Å²) in [7, 11) is -4.07. The van der Waals surface area contributed by atoms with E-state index >= 15 is 0 Å². The molecule has 0 aromatic carbocycles. The second kappa shape index (κ2) is 8.18. The first-order chi connectivity index (χ1) is 12.1. The van der Waals surface area contributed by atoms with Gasteiger partial charge >= 0.3 is 10.0 Å². The molecule has 0 saturated carbocycles. The molecule has 0 saturated heterocycles. The van der Waals surface area contributed by atoms with Crippen LogP contribution in [-0.4, -0.2) is 47.3 Å². The molecular formula is C17H24ClN5O2S. The minimum atomic E-state index is -4.07. The Bertz CT molecular complexity index is 909. The Balaban J connectivity index is 2.44. The van der Waals surface area contributed by atoms with Crippen molar-refractivity contribution in [3.63, 3.8) is 0 Å². The number of imidazole rings is 1. The van der Waals surface area contributed by atoms with Gasteiger partial charge in [-0.05, 0) is 30.0 Å². The lowest BCUT2D eigenvalue weighted by atomic mass is 10.1. The molecule has 2 aromatic rings. The normalized spacial score (nSPS) is 12.6. The molecule has 0 fully saturated rings. The van der Waals surface area contributed by atoms with Gasteiger partial charge in [0.05, 0.1) is 5.69 Å². The molecule has 0 amide bonds. The first-order valence-electron chi connectivity index (χ1n) is 8.36. The zero-order chi connectivity index (χ0) is 19.5. The fourth-order valence-corrected chi connectivity index (χ4v) is 3.94. The predicted molar refractivity (Wildman–Crippen MR) is 105 cm³/mol. The first-order valence-corrected chi connectivity index (χ1v) is 10.2. The van der Waals surface area contributed by atoms with Gasteiger partial charge in [-0.3, -0.25) is 0 Å². The van der Waals surface area contributed by atoms with E-state index in [0.717, 1.165) is 0 Å². The summed E-state index contributed by atoms with van der Waals surface area (Å²) in [6.45, 7) is 13.3. The summed E-state index contributed by atoms with van der Waals surface area (Å²) in [4.78, 5) is 5.94. The van der Waals surface area contributed by atoms with Crippen LogP contribution in [0.1, 0.15) is 33.4 Å².